The zero-order valence-electron chi connectivity index (χ0n) is 35.1. The molecule has 4 N–H and O–H groups in total. The number of hydrogen-bond acceptors (Lipinski definition) is 9. The van der Waals surface area contributed by atoms with Gasteiger partial charge in [0.25, 0.3) is 0 Å². The first-order chi connectivity index (χ1) is 29.6. The number of amides is 4. The molecule has 5 heterocycles. The third kappa shape index (κ3) is 8.83. The molecule has 61 heavy (non-hydrogen) atoms. The number of rotatable bonds is 11. The van der Waals surface area contributed by atoms with Crippen molar-refractivity contribution in [1.82, 2.24) is 40.4 Å². The Bertz CT molecular complexity index is 2370. The number of aromatic amines is 2. The number of carbonyl (C=O) groups is 4. The van der Waals surface area contributed by atoms with Crippen LogP contribution in [0.3, 0.4) is 0 Å². The quantitative estimate of drug-likeness (QED) is 0.107. The molecule has 4 amide bonds. The van der Waals surface area contributed by atoms with Gasteiger partial charge >= 0.3 is 12.2 Å². The van der Waals surface area contributed by atoms with Crippen molar-refractivity contribution >= 4 is 34.8 Å². The number of fused-ring (bicyclic) bond motifs is 1. The zero-order chi connectivity index (χ0) is 42.6. The molecule has 8 rings (SSSR count). The summed E-state index contributed by atoms with van der Waals surface area (Å²) in [7, 11) is 2.60. The first kappa shape index (κ1) is 41.5. The first-order valence-electron chi connectivity index (χ1n) is 21.2. The van der Waals surface area contributed by atoms with Crippen LogP contribution in [0.15, 0.2) is 73.1 Å². The predicted octanol–water partition coefficient (Wildman–Crippen LogP) is 7.15. The molecule has 0 radical (unpaired) electrons. The minimum absolute atomic E-state index is 0.0265. The maximum atomic E-state index is 14.0. The minimum Gasteiger partial charge on any atom is -0.453 e. The van der Waals surface area contributed by atoms with Gasteiger partial charge in [-0.1, -0.05) is 62.4 Å². The standard InChI is InChI=1S/C46H54N8O7/c1-27(2)39(51-45(57)59-3)43(55)53-19-5-7-37(53)42-48-26-36(50-42)34-16-15-32-23-31(13-14-33(32)24-34)28-9-11-29(12-10-28)35-25-47-41(49-35)38-8-6-20-54(38)44(56)40(52-46(58)60-4)30-17-21-61-22-18-30/h9-16,23-27,30,37-40H,5-8,17-22H2,1-4H3,(H,47,49)(H,48,50)(H,51,57)(H,52,58)/t37-,38-,39-,40+/m0/s1. The number of benzene rings is 3. The monoisotopic (exact) mass is 830 g/mol. The van der Waals surface area contributed by atoms with Crippen LogP contribution in [0.1, 0.15) is 76.1 Å². The van der Waals surface area contributed by atoms with E-state index in [1.807, 2.05) is 36.0 Å². The number of likely N-dealkylation sites (tertiary alicyclic amines) is 2. The Kier molecular flexibility index (Phi) is 12.4. The molecule has 15 nitrogen and oxygen atoms in total. The molecular formula is C46H54N8O7. The number of nitrogens with zero attached hydrogens (tertiary/aromatic N) is 4. The molecule has 0 unspecified atom stereocenters. The van der Waals surface area contributed by atoms with Crippen molar-refractivity contribution in [2.75, 3.05) is 40.5 Å². The van der Waals surface area contributed by atoms with Crippen LogP contribution >= 0.6 is 0 Å². The van der Waals surface area contributed by atoms with E-state index in [9.17, 15) is 19.2 Å². The molecule has 320 valence electrons. The molecule has 0 spiro atoms. The van der Waals surface area contributed by atoms with E-state index < -0.39 is 24.3 Å². The summed E-state index contributed by atoms with van der Waals surface area (Å²) in [5.74, 6) is 1.07. The average Bonchev–Trinajstić information content (AvgIpc) is 4.14. The van der Waals surface area contributed by atoms with Gasteiger partial charge < -0.3 is 44.6 Å². The van der Waals surface area contributed by atoms with E-state index in [4.69, 9.17) is 24.2 Å². The summed E-state index contributed by atoms with van der Waals surface area (Å²) in [5.41, 5.74) is 5.88. The molecule has 3 saturated heterocycles. The van der Waals surface area contributed by atoms with Gasteiger partial charge in [-0.2, -0.15) is 0 Å². The Balaban J connectivity index is 0.935. The smallest absolute Gasteiger partial charge is 0.407 e. The molecule has 5 aromatic rings. The van der Waals surface area contributed by atoms with E-state index in [0.29, 0.717) is 39.1 Å². The molecule has 0 saturated carbocycles. The molecule has 3 fully saturated rings. The van der Waals surface area contributed by atoms with Gasteiger partial charge in [-0.05, 0) is 90.0 Å². The van der Waals surface area contributed by atoms with Gasteiger partial charge in [0.15, 0.2) is 0 Å². The summed E-state index contributed by atoms with van der Waals surface area (Å²) in [6, 6.07) is 19.3. The summed E-state index contributed by atoms with van der Waals surface area (Å²) >= 11 is 0. The number of hydrogen-bond donors (Lipinski definition) is 4. The number of nitrogens with one attached hydrogen (secondary N) is 4. The van der Waals surface area contributed by atoms with Crippen molar-refractivity contribution in [1.29, 1.82) is 0 Å². The van der Waals surface area contributed by atoms with Gasteiger partial charge in [0.2, 0.25) is 11.8 Å². The van der Waals surface area contributed by atoms with Crippen LogP contribution in [-0.2, 0) is 23.8 Å². The second-order valence-corrected chi connectivity index (χ2v) is 16.5. The molecule has 4 atom stereocenters. The summed E-state index contributed by atoms with van der Waals surface area (Å²) in [5, 5.41) is 7.71. The molecule has 15 heteroatoms. The first-order valence-corrected chi connectivity index (χ1v) is 21.2. The number of aromatic nitrogens is 4. The van der Waals surface area contributed by atoms with Crippen molar-refractivity contribution in [2.24, 2.45) is 11.8 Å². The van der Waals surface area contributed by atoms with E-state index in [0.717, 1.165) is 81.7 Å². The Morgan fingerprint density at radius 3 is 1.77 bits per heavy atom. The summed E-state index contributed by atoms with van der Waals surface area (Å²) in [6.45, 7) is 6.12. The van der Waals surface area contributed by atoms with E-state index in [-0.39, 0.29) is 35.7 Å². The Hall–Kier alpha value is -6.22. The lowest BCUT2D eigenvalue weighted by molar-refractivity contribution is -0.137. The van der Waals surface area contributed by atoms with Crippen molar-refractivity contribution < 1.29 is 33.4 Å². The minimum atomic E-state index is -0.690. The number of methoxy groups -OCH3 is 2. The van der Waals surface area contributed by atoms with Gasteiger partial charge in [0.1, 0.15) is 23.7 Å². The lowest BCUT2D eigenvalue weighted by atomic mass is 9.90. The van der Waals surface area contributed by atoms with Crippen LogP contribution in [0, 0.1) is 11.8 Å². The number of alkyl carbamates (subject to hydrolysis) is 2. The SMILES string of the molecule is COC(=O)N[C@H](C(=O)N1CCC[C@H]1c1ncc(-c2ccc3cc(-c4ccc(-c5cnc([C@@H]6CCCN6C(=O)[C@H](NC(=O)OC)C6CCOCC6)[nH]5)cc4)ccc3c2)[nH]1)C(C)C. The second kappa shape index (κ2) is 18.2. The van der Waals surface area contributed by atoms with Crippen LogP contribution in [-0.4, -0.2) is 106 Å². The van der Waals surface area contributed by atoms with Crippen molar-refractivity contribution in [3.05, 3.63) is 84.7 Å². The number of ether oxygens (including phenoxy) is 3. The molecule has 3 aromatic carbocycles. The second-order valence-electron chi connectivity index (χ2n) is 16.5. The molecule has 0 aliphatic carbocycles. The fourth-order valence-electron chi connectivity index (χ4n) is 9.04. The van der Waals surface area contributed by atoms with E-state index in [1.165, 1.54) is 14.2 Å². The molecule has 3 aliphatic heterocycles. The van der Waals surface area contributed by atoms with Gasteiger partial charge in [-0.25, -0.2) is 19.6 Å². The largest absolute Gasteiger partial charge is 0.453 e. The highest BCUT2D eigenvalue weighted by Gasteiger charge is 2.40. The van der Waals surface area contributed by atoms with Gasteiger partial charge in [-0.3, -0.25) is 9.59 Å². The van der Waals surface area contributed by atoms with Gasteiger partial charge in [-0.15, -0.1) is 0 Å². The maximum Gasteiger partial charge on any atom is 0.407 e. The molecule has 0 bridgehead atoms. The third-order valence-electron chi connectivity index (χ3n) is 12.4. The van der Waals surface area contributed by atoms with Gasteiger partial charge in [0.05, 0.1) is 50.1 Å². The van der Waals surface area contributed by atoms with E-state index in [2.05, 4.69) is 81.3 Å². The van der Waals surface area contributed by atoms with E-state index >= 15 is 0 Å². The number of imidazole rings is 2. The van der Waals surface area contributed by atoms with Crippen molar-refractivity contribution in [3.63, 3.8) is 0 Å². The lowest BCUT2D eigenvalue weighted by Gasteiger charge is -2.34. The third-order valence-corrected chi connectivity index (χ3v) is 12.4. The Morgan fingerprint density at radius 1 is 0.672 bits per heavy atom. The maximum absolute atomic E-state index is 14.0. The Morgan fingerprint density at radius 2 is 1.18 bits per heavy atom. The van der Waals surface area contributed by atoms with Crippen molar-refractivity contribution in [3.8, 4) is 33.6 Å². The molecule has 3 aliphatic rings. The van der Waals surface area contributed by atoms with E-state index in [1.54, 1.807) is 0 Å². The lowest BCUT2D eigenvalue weighted by Crippen LogP contribution is -2.53. The fourth-order valence-corrected chi connectivity index (χ4v) is 9.04. The molecular weight excluding hydrogens is 777 g/mol. The molecule has 2 aromatic heterocycles. The average molecular weight is 831 g/mol. The predicted molar refractivity (Wildman–Crippen MR) is 229 cm³/mol. The highest BCUT2D eigenvalue weighted by Crippen LogP contribution is 2.36. The number of H-pyrrole nitrogens is 2. The highest BCUT2D eigenvalue weighted by atomic mass is 16.5. The van der Waals surface area contributed by atoms with Crippen LogP contribution in [0.4, 0.5) is 9.59 Å². The van der Waals surface area contributed by atoms with Crippen LogP contribution in [0.25, 0.3) is 44.4 Å². The summed E-state index contributed by atoms with van der Waals surface area (Å²) in [6.07, 6.45) is 7.05. The van der Waals surface area contributed by atoms with Crippen LogP contribution in [0.5, 0.6) is 0 Å². The highest BCUT2D eigenvalue weighted by molar-refractivity contribution is 5.91. The Labute approximate surface area is 354 Å². The zero-order valence-corrected chi connectivity index (χ0v) is 35.1. The summed E-state index contributed by atoms with van der Waals surface area (Å²) < 4.78 is 15.2. The van der Waals surface area contributed by atoms with Crippen LogP contribution < -0.4 is 10.6 Å². The number of carbonyl (C=O) groups excluding carboxylic acids is 4. The summed E-state index contributed by atoms with van der Waals surface area (Å²) in [4.78, 5) is 71.9. The van der Waals surface area contributed by atoms with Crippen molar-refractivity contribution in [2.45, 2.75) is 76.5 Å². The van der Waals surface area contributed by atoms with Crippen LogP contribution in [0.2, 0.25) is 0 Å². The normalized spacial score (nSPS) is 19.2. The topological polar surface area (TPSA) is 184 Å². The van der Waals surface area contributed by atoms with Gasteiger partial charge in [0, 0.05) is 31.9 Å². The fraction of sp³-hybridized carbons (Fsp3) is 0.435.